The van der Waals surface area contributed by atoms with Crippen LogP contribution < -0.4 is 11.1 Å². The molecule has 2 rings (SSSR count). The van der Waals surface area contributed by atoms with Crippen LogP contribution in [0.1, 0.15) is 38.3 Å². The third-order valence-corrected chi connectivity index (χ3v) is 4.23. The first-order valence-corrected chi connectivity index (χ1v) is 6.70. The molecule has 0 radical (unpaired) electrons. The highest BCUT2D eigenvalue weighted by atomic mass is 16.2. The summed E-state index contributed by atoms with van der Waals surface area (Å²) in [5.74, 6) is 1.16. The first-order valence-electron chi connectivity index (χ1n) is 6.70. The van der Waals surface area contributed by atoms with Crippen molar-refractivity contribution in [2.24, 2.45) is 17.6 Å². The minimum absolute atomic E-state index is 0.0628. The van der Waals surface area contributed by atoms with Crippen molar-refractivity contribution in [3.63, 3.8) is 0 Å². The van der Waals surface area contributed by atoms with Crippen molar-refractivity contribution >= 4 is 5.91 Å². The summed E-state index contributed by atoms with van der Waals surface area (Å²) in [7, 11) is 0. The first kappa shape index (κ1) is 13.1. The highest BCUT2D eigenvalue weighted by Gasteiger charge is 2.31. The second kappa shape index (κ2) is 5.53. The molecule has 0 heterocycles. The number of benzene rings is 1. The Hall–Kier alpha value is -1.35. The predicted molar refractivity (Wildman–Crippen MR) is 72.9 cm³/mol. The molecule has 1 aliphatic rings. The van der Waals surface area contributed by atoms with Crippen molar-refractivity contribution < 1.29 is 4.79 Å². The quantitative estimate of drug-likeness (QED) is 0.859. The van der Waals surface area contributed by atoms with Gasteiger partial charge in [0.25, 0.3) is 0 Å². The van der Waals surface area contributed by atoms with E-state index in [1.165, 1.54) is 6.42 Å². The molecule has 3 N–H and O–H groups in total. The van der Waals surface area contributed by atoms with Gasteiger partial charge in [-0.05, 0) is 30.2 Å². The van der Waals surface area contributed by atoms with E-state index in [1.54, 1.807) is 0 Å². The van der Waals surface area contributed by atoms with Crippen molar-refractivity contribution in [3.05, 3.63) is 35.9 Å². The third-order valence-electron chi connectivity index (χ3n) is 4.23. The van der Waals surface area contributed by atoms with Gasteiger partial charge in [-0.25, -0.2) is 0 Å². The van der Waals surface area contributed by atoms with Gasteiger partial charge in [-0.1, -0.05) is 44.2 Å². The number of rotatable bonds is 3. The molecule has 18 heavy (non-hydrogen) atoms. The molecule has 0 saturated heterocycles. The van der Waals surface area contributed by atoms with E-state index in [4.69, 9.17) is 5.73 Å². The van der Waals surface area contributed by atoms with Gasteiger partial charge in [0.1, 0.15) is 6.04 Å². The number of nitrogens with two attached hydrogens (primary N) is 1. The average Bonchev–Trinajstić information content (AvgIpc) is 2.71. The maximum Gasteiger partial charge on any atom is 0.241 e. The lowest BCUT2D eigenvalue weighted by Gasteiger charge is -2.22. The second-order valence-corrected chi connectivity index (χ2v) is 5.42. The molecule has 1 aliphatic carbocycles. The molecule has 4 atom stereocenters. The molecule has 3 nitrogen and oxygen atoms in total. The van der Waals surface area contributed by atoms with E-state index in [0.29, 0.717) is 11.8 Å². The van der Waals surface area contributed by atoms with Crippen LogP contribution in [0.3, 0.4) is 0 Å². The summed E-state index contributed by atoms with van der Waals surface area (Å²) in [5.41, 5.74) is 6.85. The zero-order chi connectivity index (χ0) is 13.1. The lowest BCUT2D eigenvalue weighted by Crippen LogP contribution is -2.42. The van der Waals surface area contributed by atoms with Crippen LogP contribution >= 0.6 is 0 Å². The molecule has 0 spiro atoms. The first-order chi connectivity index (χ1) is 8.59. The number of hydrogen-bond donors (Lipinski definition) is 2. The highest BCUT2D eigenvalue weighted by molar-refractivity contribution is 5.83. The van der Waals surface area contributed by atoms with Crippen molar-refractivity contribution in [3.8, 4) is 0 Å². The van der Waals surface area contributed by atoms with Gasteiger partial charge in [0.05, 0.1) is 0 Å². The van der Waals surface area contributed by atoms with E-state index in [2.05, 4.69) is 19.2 Å². The molecule has 3 unspecified atom stereocenters. The smallest absolute Gasteiger partial charge is 0.241 e. The Balaban J connectivity index is 1.96. The minimum atomic E-state index is -0.561. The number of nitrogens with one attached hydrogen (secondary N) is 1. The van der Waals surface area contributed by atoms with Crippen LogP contribution in [-0.2, 0) is 4.79 Å². The Morgan fingerprint density at radius 2 is 1.94 bits per heavy atom. The normalized spacial score (nSPS) is 28.9. The summed E-state index contributed by atoms with van der Waals surface area (Å²) in [5, 5.41) is 3.09. The summed E-state index contributed by atoms with van der Waals surface area (Å²) >= 11 is 0. The molecular weight excluding hydrogens is 224 g/mol. The van der Waals surface area contributed by atoms with Gasteiger partial charge in [-0.3, -0.25) is 4.79 Å². The molecule has 3 heteroatoms. The summed E-state index contributed by atoms with van der Waals surface area (Å²) in [6.07, 6.45) is 2.25. The van der Waals surface area contributed by atoms with Crippen LogP contribution in [0.2, 0.25) is 0 Å². The molecule has 1 amide bonds. The van der Waals surface area contributed by atoms with Crippen LogP contribution in [0.25, 0.3) is 0 Å². The second-order valence-electron chi connectivity index (χ2n) is 5.42. The molecular formula is C15H22N2O. The molecule has 1 saturated carbocycles. The van der Waals surface area contributed by atoms with E-state index < -0.39 is 6.04 Å². The Labute approximate surface area is 109 Å². The molecule has 1 aromatic rings. The maximum atomic E-state index is 12.1. The van der Waals surface area contributed by atoms with Crippen LogP contribution in [0.4, 0.5) is 0 Å². The largest absolute Gasteiger partial charge is 0.351 e. The lowest BCUT2D eigenvalue weighted by molar-refractivity contribution is -0.123. The molecule has 98 valence electrons. The van der Waals surface area contributed by atoms with Crippen LogP contribution in [0, 0.1) is 11.8 Å². The zero-order valence-corrected chi connectivity index (χ0v) is 11.1. The van der Waals surface area contributed by atoms with E-state index in [9.17, 15) is 4.79 Å². The molecule has 1 fully saturated rings. The van der Waals surface area contributed by atoms with Crippen molar-refractivity contribution in [1.82, 2.24) is 5.32 Å². The number of carbonyl (C=O) groups excluding carboxylic acids is 1. The van der Waals surface area contributed by atoms with Gasteiger partial charge in [0.15, 0.2) is 0 Å². The van der Waals surface area contributed by atoms with E-state index >= 15 is 0 Å². The Morgan fingerprint density at radius 1 is 1.28 bits per heavy atom. The average molecular weight is 246 g/mol. The number of amides is 1. The van der Waals surface area contributed by atoms with E-state index in [1.807, 2.05) is 30.3 Å². The summed E-state index contributed by atoms with van der Waals surface area (Å²) in [6, 6.07) is 9.24. The fraction of sp³-hybridized carbons (Fsp3) is 0.533. The van der Waals surface area contributed by atoms with Gasteiger partial charge in [-0.15, -0.1) is 0 Å². The van der Waals surface area contributed by atoms with Crippen molar-refractivity contribution in [2.45, 2.75) is 38.8 Å². The van der Waals surface area contributed by atoms with Gasteiger partial charge < -0.3 is 11.1 Å². The van der Waals surface area contributed by atoms with Gasteiger partial charge >= 0.3 is 0 Å². The number of carbonyl (C=O) groups is 1. The SMILES string of the molecule is CC1CCC(NC(=O)[C@@H](N)c2ccccc2)C1C. The van der Waals surface area contributed by atoms with Crippen LogP contribution in [-0.4, -0.2) is 11.9 Å². The molecule has 0 aliphatic heterocycles. The van der Waals surface area contributed by atoms with Crippen molar-refractivity contribution in [1.29, 1.82) is 0 Å². The zero-order valence-electron chi connectivity index (χ0n) is 11.1. The summed E-state index contributed by atoms with van der Waals surface area (Å²) in [4.78, 5) is 12.1. The standard InChI is InChI=1S/C15H22N2O/c1-10-8-9-13(11(10)2)17-15(18)14(16)12-6-4-3-5-7-12/h3-7,10-11,13-14H,8-9,16H2,1-2H3,(H,17,18)/t10?,11?,13?,14-/m0/s1. The Morgan fingerprint density at radius 3 is 2.50 bits per heavy atom. The monoisotopic (exact) mass is 246 g/mol. The Kier molecular flexibility index (Phi) is 4.02. The van der Waals surface area contributed by atoms with E-state index in [-0.39, 0.29) is 11.9 Å². The maximum absolute atomic E-state index is 12.1. The topological polar surface area (TPSA) is 55.1 Å². The number of hydrogen-bond acceptors (Lipinski definition) is 2. The fourth-order valence-corrected chi connectivity index (χ4v) is 2.65. The van der Waals surface area contributed by atoms with Crippen molar-refractivity contribution in [2.75, 3.05) is 0 Å². The van der Waals surface area contributed by atoms with Crippen LogP contribution in [0.15, 0.2) is 30.3 Å². The minimum Gasteiger partial charge on any atom is -0.351 e. The molecule has 1 aromatic carbocycles. The summed E-state index contributed by atoms with van der Waals surface area (Å²) in [6.45, 7) is 4.45. The van der Waals surface area contributed by atoms with Gasteiger partial charge in [0, 0.05) is 6.04 Å². The summed E-state index contributed by atoms with van der Waals surface area (Å²) < 4.78 is 0. The third kappa shape index (κ3) is 2.72. The van der Waals surface area contributed by atoms with Gasteiger partial charge in [-0.2, -0.15) is 0 Å². The van der Waals surface area contributed by atoms with Gasteiger partial charge in [0.2, 0.25) is 5.91 Å². The van der Waals surface area contributed by atoms with Crippen LogP contribution in [0.5, 0.6) is 0 Å². The molecule has 0 bridgehead atoms. The highest BCUT2D eigenvalue weighted by Crippen LogP contribution is 2.31. The fourth-order valence-electron chi connectivity index (χ4n) is 2.65. The molecule has 0 aromatic heterocycles. The lowest BCUT2D eigenvalue weighted by atomic mass is 9.97. The van der Waals surface area contributed by atoms with E-state index in [0.717, 1.165) is 12.0 Å². The predicted octanol–water partition coefficient (Wildman–Crippen LogP) is 2.24. The Bertz CT molecular complexity index is 404.